The van der Waals surface area contributed by atoms with E-state index in [1.165, 1.54) is 24.8 Å². The molecule has 0 bridgehead atoms. The SMILES string of the molecule is C=N/C(=C\N1C=C(c2c(C(F)F)c(F)c(C(NC(=O)C3CC3)C3CC3)c3[nH]ncc23)N=CC1)NC=O. The summed E-state index contributed by atoms with van der Waals surface area (Å²) in [7, 11) is 0. The van der Waals surface area contributed by atoms with Gasteiger partial charge in [0, 0.05) is 41.0 Å². The Kier molecular flexibility index (Phi) is 6.33. The first-order chi connectivity index (χ1) is 17.4. The molecule has 0 spiro atoms. The number of hydrogen-bond donors (Lipinski definition) is 3. The molecule has 5 rings (SSSR count). The molecule has 9 nitrogen and oxygen atoms in total. The van der Waals surface area contributed by atoms with Gasteiger partial charge in [-0.2, -0.15) is 5.10 Å². The van der Waals surface area contributed by atoms with E-state index in [2.05, 4.69) is 37.5 Å². The summed E-state index contributed by atoms with van der Waals surface area (Å²) >= 11 is 0. The fraction of sp³-hybridized carbons (Fsp3) is 0.375. The molecule has 2 heterocycles. The predicted octanol–water partition coefficient (Wildman–Crippen LogP) is 3.55. The number of H-pyrrole nitrogens is 1. The first-order valence-corrected chi connectivity index (χ1v) is 11.6. The van der Waals surface area contributed by atoms with Crippen LogP contribution in [0, 0.1) is 17.7 Å². The minimum absolute atomic E-state index is 0.00326. The Morgan fingerprint density at radius 2 is 2.06 bits per heavy atom. The van der Waals surface area contributed by atoms with Crippen LogP contribution in [0.3, 0.4) is 0 Å². The summed E-state index contributed by atoms with van der Waals surface area (Å²) in [6, 6.07) is -0.730. The van der Waals surface area contributed by atoms with Gasteiger partial charge in [-0.1, -0.05) is 0 Å². The van der Waals surface area contributed by atoms with Gasteiger partial charge in [-0.05, 0) is 38.3 Å². The van der Waals surface area contributed by atoms with Crippen molar-refractivity contribution in [3.63, 3.8) is 0 Å². The first-order valence-electron chi connectivity index (χ1n) is 11.6. The van der Waals surface area contributed by atoms with E-state index in [1.807, 2.05) is 0 Å². The van der Waals surface area contributed by atoms with Crippen LogP contribution >= 0.6 is 0 Å². The fourth-order valence-corrected chi connectivity index (χ4v) is 4.47. The minimum atomic E-state index is -3.15. The van der Waals surface area contributed by atoms with Gasteiger partial charge in [-0.25, -0.2) is 18.2 Å². The van der Waals surface area contributed by atoms with E-state index in [4.69, 9.17) is 0 Å². The number of aromatic amines is 1. The Balaban J connectivity index is 1.64. The molecule has 2 amide bonds. The summed E-state index contributed by atoms with van der Waals surface area (Å²) in [6.45, 7) is 3.64. The van der Waals surface area contributed by atoms with Crippen molar-refractivity contribution in [3.05, 3.63) is 46.9 Å². The third-order valence-corrected chi connectivity index (χ3v) is 6.52. The summed E-state index contributed by atoms with van der Waals surface area (Å²) in [6.07, 6.45) is 6.10. The topological polar surface area (TPSA) is 115 Å². The standard InChI is InChI=1S/C24H24F3N7O2/c1-28-16(30-11-35)10-34-7-6-29-15(9-34)17-14-8-31-33-22(14)19(20(25)18(17)23(26)27)21(12-2-3-12)32-24(36)13-4-5-13/h6,8-13,21,23H,1-5,7H2,(H,30,35)(H,31,33)(H,32,36)/b16-10+. The van der Waals surface area contributed by atoms with E-state index < -0.39 is 23.8 Å². The average Bonchev–Trinajstić information content (AvgIpc) is 3.79. The first kappa shape index (κ1) is 23.8. The molecule has 12 heteroatoms. The number of alkyl halides is 2. The lowest BCUT2D eigenvalue weighted by atomic mass is 9.91. The number of aliphatic imine (C=N–C) groups is 2. The maximum atomic E-state index is 16.1. The van der Waals surface area contributed by atoms with E-state index in [-0.39, 0.29) is 57.8 Å². The third kappa shape index (κ3) is 4.50. The molecule has 1 aliphatic heterocycles. The Bertz CT molecular complexity index is 1310. The monoisotopic (exact) mass is 499 g/mol. The van der Waals surface area contributed by atoms with Crippen LogP contribution in [0.4, 0.5) is 13.2 Å². The predicted molar refractivity (Wildman–Crippen MR) is 127 cm³/mol. The molecule has 1 aromatic heterocycles. The number of hydrogen-bond acceptors (Lipinski definition) is 6. The highest BCUT2D eigenvalue weighted by atomic mass is 19.3. The number of nitrogens with zero attached hydrogens (tertiary/aromatic N) is 4. The maximum Gasteiger partial charge on any atom is 0.267 e. The van der Waals surface area contributed by atoms with E-state index in [0.717, 1.165) is 25.7 Å². The average molecular weight is 499 g/mol. The molecule has 1 atom stereocenters. The van der Waals surface area contributed by atoms with Crippen LogP contribution in [-0.2, 0) is 9.59 Å². The van der Waals surface area contributed by atoms with Gasteiger partial charge in [0.2, 0.25) is 12.3 Å². The molecule has 2 fully saturated rings. The molecule has 3 N–H and O–H groups in total. The quantitative estimate of drug-likeness (QED) is 0.343. The Morgan fingerprint density at radius 1 is 1.28 bits per heavy atom. The second kappa shape index (κ2) is 9.59. The second-order valence-electron chi connectivity index (χ2n) is 9.03. The van der Waals surface area contributed by atoms with Crippen molar-refractivity contribution in [2.24, 2.45) is 21.8 Å². The number of benzene rings is 1. The Morgan fingerprint density at radius 3 is 2.69 bits per heavy atom. The van der Waals surface area contributed by atoms with Gasteiger partial charge in [-0.3, -0.25) is 19.7 Å². The normalized spacial score (nSPS) is 18.8. The zero-order valence-electron chi connectivity index (χ0n) is 19.2. The van der Waals surface area contributed by atoms with Gasteiger partial charge in [-0.15, -0.1) is 0 Å². The molecule has 2 aliphatic carbocycles. The van der Waals surface area contributed by atoms with Crippen molar-refractivity contribution >= 4 is 41.8 Å². The molecule has 188 valence electrons. The zero-order chi connectivity index (χ0) is 25.4. The lowest BCUT2D eigenvalue weighted by molar-refractivity contribution is -0.123. The molecule has 36 heavy (non-hydrogen) atoms. The van der Waals surface area contributed by atoms with Crippen LogP contribution in [0.25, 0.3) is 16.6 Å². The number of carbonyl (C=O) groups is 2. The van der Waals surface area contributed by atoms with Crippen LogP contribution in [0.1, 0.15) is 54.8 Å². The van der Waals surface area contributed by atoms with Crippen molar-refractivity contribution in [2.45, 2.75) is 38.2 Å². The van der Waals surface area contributed by atoms with E-state index in [1.54, 1.807) is 4.90 Å². The number of halogens is 3. The number of carbonyl (C=O) groups excluding carboxylic acids is 2. The van der Waals surface area contributed by atoms with Gasteiger partial charge >= 0.3 is 0 Å². The highest BCUT2D eigenvalue weighted by Gasteiger charge is 2.41. The lowest BCUT2D eigenvalue weighted by Crippen LogP contribution is -2.32. The van der Waals surface area contributed by atoms with Crippen LogP contribution < -0.4 is 10.6 Å². The van der Waals surface area contributed by atoms with Gasteiger partial charge in [0.25, 0.3) is 6.43 Å². The highest BCUT2D eigenvalue weighted by Crippen LogP contribution is 2.48. The van der Waals surface area contributed by atoms with Crippen molar-refractivity contribution in [3.8, 4) is 0 Å². The van der Waals surface area contributed by atoms with E-state index in [9.17, 15) is 18.4 Å². The number of rotatable bonds is 10. The van der Waals surface area contributed by atoms with Gasteiger partial charge in [0.15, 0.2) is 0 Å². The smallest absolute Gasteiger partial charge is 0.267 e. The highest BCUT2D eigenvalue weighted by molar-refractivity contribution is 5.97. The number of amides is 2. The van der Waals surface area contributed by atoms with Crippen LogP contribution in [-0.4, -0.2) is 46.9 Å². The maximum absolute atomic E-state index is 16.1. The fourth-order valence-electron chi connectivity index (χ4n) is 4.47. The zero-order valence-corrected chi connectivity index (χ0v) is 19.2. The van der Waals surface area contributed by atoms with E-state index >= 15 is 4.39 Å². The Labute approximate surface area is 204 Å². The summed E-state index contributed by atoms with van der Waals surface area (Å²) in [4.78, 5) is 32.8. The molecular weight excluding hydrogens is 475 g/mol. The molecule has 2 aromatic rings. The number of fused-ring (bicyclic) bond motifs is 1. The number of aromatic nitrogens is 2. The largest absolute Gasteiger partial charge is 0.349 e. The van der Waals surface area contributed by atoms with Crippen molar-refractivity contribution in [1.82, 2.24) is 25.7 Å². The van der Waals surface area contributed by atoms with E-state index in [0.29, 0.717) is 6.41 Å². The summed E-state index contributed by atoms with van der Waals surface area (Å²) in [5.74, 6) is -1.26. The number of nitrogens with one attached hydrogen (secondary N) is 3. The van der Waals surface area contributed by atoms with Crippen molar-refractivity contribution in [2.75, 3.05) is 6.54 Å². The second-order valence-corrected chi connectivity index (χ2v) is 9.03. The molecule has 2 saturated carbocycles. The molecule has 3 aliphatic rings. The van der Waals surface area contributed by atoms with Gasteiger partial charge < -0.3 is 15.5 Å². The minimum Gasteiger partial charge on any atom is -0.349 e. The summed E-state index contributed by atoms with van der Waals surface area (Å²) in [5, 5.41) is 12.3. The molecule has 1 aromatic carbocycles. The summed E-state index contributed by atoms with van der Waals surface area (Å²) < 4.78 is 45.0. The molecule has 0 saturated heterocycles. The van der Waals surface area contributed by atoms with Gasteiger partial charge in [0.05, 0.1) is 35.6 Å². The lowest BCUT2D eigenvalue weighted by Gasteiger charge is -2.25. The molecule has 1 unspecified atom stereocenters. The van der Waals surface area contributed by atoms with Crippen LogP contribution in [0.15, 0.2) is 34.4 Å². The summed E-state index contributed by atoms with van der Waals surface area (Å²) in [5.41, 5.74) is -0.552. The third-order valence-electron chi connectivity index (χ3n) is 6.52. The van der Waals surface area contributed by atoms with Crippen LogP contribution in [0.5, 0.6) is 0 Å². The Hall–Kier alpha value is -3.96. The molecule has 0 radical (unpaired) electrons. The van der Waals surface area contributed by atoms with Crippen molar-refractivity contribution in [1.29, 1.82) is 0 Å². The van der Waals surface area contributed by atoms with Crippen molar-refractivity contribution < 1.29 is 22.8 Å². The molecular formula is C24H24F3N7O2. The van der Waals surface area contributed by atoms with Crippen LogP contribution in [0.2, 0.25) is 0 Å². The van der Waals surface area contributed by atoms with Gasteiger partial charge in [0.1, 0.15) is 11.6 Å².